The van der Waals surface area contributed by atoms with Crippen LogP contribution in [0.5, 0.6) is 11.5 Å². The van der Waals surface area contributed by atoms with Crippen molar-refractivity contribution in [3.8, 4) is 11.5 Å². The minimum Gasteiger partial charge on any atom is -0.493 e. The van der Waals surface area contributed by atoms with E-state index in [2.05, 4.69) is 0 Å². The van der Waals surface area contributed by atoms with E-state index in [4.69, 9.17) is 9.47 Å². The number of benzene rings is 1. The molecule has 1 aromatic rings. The Morgan fingerprint density at radius 3 is 2.07 bits per heavy atom. The molecule has 15 heavy (non-hydrogen) atoms. The fourth-order valence-corrected chi connectivity index (χ4v) is 1.57. The first-order chi connectivity index (χ1) is 7.02. The highest BCUT2D eigenvalue weighted by molar-refractivity contribution is 5.98. The van der Waals surface area contributed by atoms with Crippen LogP contribution < -0.4 is 9.47 Å². The van der Waals surface area contributed by atoms with Crippen molar-refractivity contribution in [1.82, 2.24) is 0 Å². The molecule has 0 N–H and O–H groups in total. The van der Waals surface area contributed by atoms with Gasteiger partial charge in [-0.25, -0.2) is 0 Å². The standard InChI is InChI=1S/C12H16O3/c1-7-6-10(9(3)13)12(15-5)11(14-4)8(7)2/h6H,1-5H3. The molecule has 0 amide bonds. The van der Waals surface area contributed by atoms with E-state index in [1.165, 1.54) is 6.92 Å². The monoisotopic (exact) mass is 208 g/mol. The van der Waals surface area contributed by atoms with E-state index >= 15 is 0 Å². The third-order valence-electron chi connectivity index (χ3n) is 2.53. The molecule has 0 heterocycles. The Bertz CT molecular complexity index is 394. The second-order valence-corrected chi connectivity index (χ2v) is 3.49. The molecule has 0 spiro atoms. The van der Waals surface area contributed by atoms with Crippen molar-refractivity contribution in [3.63, 3.8) is 0 Å². The van der Waals surface area contributed by atoms with Crippen molar-refractivity contribution in [2.24, 2.45) is 0 Å². The summed E-state index contributed by atoms with van der Waals surface area (Å²) in [5.41, 5.74) is 2.59. The third-order valence-corrected chi connectivity index (χ3v) is 2.53. The summed E-state index contributed by atoms with van der Waals surface area (Å²) in [6.45, 7) is 5.41. The van der Waals surface area contributed by atoms with Crippen molar-refractivity contribution < 1.29 is 14.3 Å². The fraction of sp³-hybridized carbons (Fsp3) is 0.417. The van der Waals surface area contributed by atoms with Gasteiger partial charge in [-0.1, -0.05) is 0 Å². The predicted molar refractivity (Wildman–Crippen MR) is 59.0 cm³/mol. The van der Waals surface area contributed by atoms with Crippen molar-refractivity contribution in [2.75, 3.05) is 14.2 Å². The molecule has 0 unspecified atom stereocenters. The normalized spacial score (nSPS) is 9.93. The van der Waals surface area contributed by atoms with Crippen LogP contribution in [-0.4, -0.2) is 20.0 Å². The highest BCUT2D eigenvalue weighted by Crippen LogP contribution is 2.36. The van der Waals surface area contributed by atoms with Crippen LogP contribution in [0.3, 0.4) is 0 Å². The van der Waals surface area contributed by atoms with E-state index in [1.54, 1.807) is 14.2 Å². The highest BCUT2D eigenvalue weighted by atomic mass is 16.5. The van der Waals surface area contributed by atoms with Gasteiger partial charge in [-0.2, -0.15) is 0 Å². The van der Waals surface area contributed by atoms with Crippen LogP contribution >= 0.6 is 0 Å². The highest BCUT2D eigenvalue weighted by Gasteiger charge is 2.17. The van der Waals surface area contributed by atoms with Crippen LogP contribution in [-0.2, 0) is 0 Å². The Kier molecular flexibility index (Phi) is 3.35. The Labute approximate surface area is 90.0 Å². The predicted octanol–water partition coefficient (Wildman–Crippen LogP) is 2.52. The number of carbonyl (C=O) groups is 1. The minimum absolute atomic E-state index is 0.0201. The Balaban J connectivity index is 3.54. The zero-order chi connectivity index (χ0) is 11.6. The molecular formula is C12H16O3. The molecule has 1 aromatic carbocycles. The maximum absolute atomic E-state index is 11.4. The van der Waals surface area contributed by atoms with E-state index in [0.29, 0.717) is 17.1 Å². The van der Waals surface area contributed by atoms with Gasteiger partial charge < -0.3 is 9.47 Å². The van der Waals surface area contributed by atoms with Crippen LogP contribution in [0.1, 0.15) is 28.4 Å². The summed E-state index contributed by atoms with van der Waals surface area (Å²) >= 11 is 0. The number of hydrogen-bond acceptors (Lipinski definition) is 3. The number of ketones is 1. The second kappa shape index (κ2) is 4.34. The van der Waals surface area contributed by atoms with Crippen molar-refractivity contribution in [3.05, 3.63) is 22.8 Å². The van der Waals surface area contributed by atoms with E-state index in [1.807, 2.05) is 19.9 Å². The number of Topliss-reactive ketones (excluding diaryl/α,β-unsaturated/α-hetero) is 1. The van der Waals surface area contributed by atoms with Gasteiger partial charge in [0.05, 0.1) is 19.8 Å². The lowest BCUT2D eigenvalue weighted by Gasteiger charge is -2.15. The SMILES string of the molecule is COc1c(C(C)=O)cc(C)c(C)c1OC. The molecule has 0 aliphatic carbocycles. The molecule has 0 saturated carbocycles. The summed E-state index contributed by atoms with van der Waals surface area (Å²) in [6, 6.07) is 1.83. The maximum Gasteiger partial charge on any atom is 0.171 e. The Hall–Kier alpha value is -1.51. The minimum atomic E-state index is -0.0201. The lowest BCUT2D eigenvalue weighted by atomic mass is 10.0. The number of ether oxygens (including phenoxy) is 2. The molecule has 0 bridgehead atoms. The maximum atomic E-state index is 11.4. The smallest absolute Gasteiger partial charge is 0.171 e. The molecule has 0 radical (unpaired) electrons. The first-order valence-electron chi connectivity index (χ1n) is 4.76. The zero-order valence-electron chi connectivity index (χ0n) is 9.80. The van der Waals surface area contributed by atoms with Crippen LogP contribution in [0.25, 0.3) is 0 Å². The number of hydrogen-bond donors (Lipinski definition) is 0. The van der Waals surface area contributed by atoms with Gasteiger partial charge in [-0.15, -0.1) is 0 Å². The van der Waals surface area contributed by atoms with Gasteiger partial charge in [0.1, 0.15) is 0 Å². The van der Waals surface area contributed by atoms with E-state index < -0.39 is 0 Å². The van der Waals surface area contributed by atoms with E-state index in [0.717, 1.165) is 11.1 Å². The van der Waals surface area contributed by atoms with Crippen LogP contribution in [0.2, 0.25) is 0 Å². The van der Waals surface area contributed by atoms with Gasteiger partial charge in [0.15, 0.2) is 17.3 Å². The summed E-state index contributed by atoms with van der Waals surface area (Å²) in [5, 5.41) is 0. The van der Waals surface area contributed by atoms with Gasteiger partial charge in [-0.3, -0.25) is 4.79 Å². The number of methoxy groups -OCH3 is 2. The van der Waals surface area contributed by atoms with Crippen LogP contribution in [0.4, 0.5) is 0 Å². The summed E-state index contributed by atoms with van der Waals surface area (Å²) in [6.07, 6.45) is 0. The van der Waals surface area contributed by atoms with Crippen LogP contribution in [0, 0.1) is 13.8 Å². The Morgan fingerprint density at radius 2 is 1.67 bits per heavy atom. The van der Waals surface area contributed by atoms with E-state index in [-0.39, 0.29) is 5.78 Å². The average molecular weight is 208 g/mol. The molecule has 0 atom stereocenters. The molecule has 0 saturated heterocycles. The van der Waals surface area contributed by atoms with Gasteiger partial charge in [0, 0.05) is 0 Å². The number of rotatable bonds is 3. The molecule has 3 heteroatoms. The molecule has 0 fully saturated rings. The molecule has 0 aliphatic rings. The van der Waals surface area contributed by atoms with E-state index in [9.17, 15) is 4.79 Å². The fourth-order valence-electron chi connectivity index (χ4n) is 1.57. The number of carbonyl (C=O) groups excluding carboxylic acids is 1. The zero-order valence-corrected chi connectivity index (χ0v) is 9.80. The van der Waals surface area contributed by atoms with Gasteiger partial charge in [0.25, 0.3) is 0 Å². The molecule has 3 nitrogen and oxygen atoms in total. The Morgan fingerprint density at radius 1 is 1.13 bits per heavy atom. The summed E-state index contributed by atoms with van der Waals surface area (Å²) in [7, 11) is 3.12. The largest absolute Gasteiger partial charge is 0.493 e. The third kappa shape index (κ3) is 1.96. The van der Waals surface area contributed by atoms with Crippen LogP contribution in [0.15, 0.2) is 6.07 Å². The first-order valence-corrected chi connectivity index (χ1v) is 4.76. The summed E-state index contributed by atoms with van der Waals surface area (Å²) in [5.74, 6) is 1.14. The summed E-state index contributed by atoms with van der Waals surface area (Å²) in [4.78, 5) is 11.4. The second-order valence-electron chi connectivity index (χ2n) is 3.49. The molecule has 0 aromatic heterocycles. The molecular weight excluding hydrogens is 192 g/mol. The average Bonchev–Trinajstić information content (AvgIpc) is 2.20. The lowest BCUT2D eigenvalue weighted by molar-refractivity contribution is 0.101. The molecule has 0 aliphatic heterocycles. The van der Waals surface area contributed by atoms with Gasteiger partial charge >= 0.3 is 0 Å². The number of aryl methyl sites for hydroxylation is 1. The molecule has 82 valence electrons. The van der Waals surface area contributed by atoms with Crippen molar-refractivity contribution in [2.45, 2.75) is 20.8 Å². The van der Waals surface area contributed by atoms with Gasteiger partial charge in [-0.05, 0) is 38.0 Å². The lowest BCUT2D eigenvalue weighted by Crippen LogP contribution is -2.03. The first kappa shape index (κ1) is 11.6. The van der Waals surface area contributed by atoms with Gasteiger partial charge in [0.2, 0.25) is 0 Å². The quantitative estimate of drug-likeness (QED) is 0.716. The topological polar surface area (TPSA) is 35.5 Å². The van der Waals surface area contributed by atoms with Crippen molar-refractivity contribution in [1.29, 1.82) is 0 Å². The van der Waals surface area contributed by atoms with Crippen molar-refractivity contribution >= 4 is 5.78 Å². The summed E-state index contributed by atoms with van der Waals surface area (Å²) < 4.78 is 10.5. The molecule has 1 rings (SSSR count).